The molecule has 0 amide bonds. The number of hydrogen-bond acceptors (Lipinski definition) is 1. The van der Waals surface area contributed by atoms with Crippen LogP contribution in [0.1, 0.15) is 15.9 Å². The molecule has 2 rings (SSSR count). The molecule has 0 atom stereocenters. The highest BCUT2D eigenvalue weighted by molar-refractivity contribution is 6.47. The molecule has 18 heavy (non-hydrogen) atoms. The van der Waals surface area contributed by atoms with Gasteiger partial charge in [-0.15, -0.1) is 0 Å². The van der Waals surface area contributed by atoms with Crippen LogP contribution in [-0.4, -0.2) is 5.78 Å². The summed E-state index contributed by atoms with van der Waals surface area (Å²) in [5.41, 5.74) is 1.42. The summed E-state index contributed by atoms with van der Waals surface area (Å²) >= 11 is 11.8. The smallest absolute Gasteiger partial charge is 0.204 e. The number of Topliss-reactive ketones (excluding diaryl/α,β-unsaturated/α-hetero) is 1. The summed E-state index contributed by atoms with van der Waals surface area (Å²) in [6.45, 7) is 0. The van der Waals surface area contributed by atoms with Crippen LogP contribution in [0.15, 0.2) is 59.6 Å². The van der Waals surface area contributed by atoms with E-state index in [1.807, 2.05) is 18.2 Å². The van der Waals surface area contributed by atoms with Crippen LogP contribution in [0, 0.1) is 0 Å². The Labute approximate surface area is 116 Å². The van der Waals surface area contributed by atoms with E-state index in [9.17, 15) is 4.79 Å². The fraction of sp³-hybridized carbons (Fsp3) is 0. The average Bonchev–Trinajstić information content (AvgIpc) is 2.41. The number of ketones is 1. The molecular weight excluding hydrogens is 267 g/mol. The Kier molecular flexibility index (Phi) is 4.19. The van der Waals surface area contributed by atoms with E-state index in [1.54, 1.807) is 42.5 Å². The number of hydrogen-bond donors (Lipinski definition) is 0. The van der Waals surface area contributed by atoms with Gasteiger partial charge in [0.2, 0.25) is 5.78 Å². The molecule has 0 aliphatic carbocycles. The summed E-state index contributed by atoms with van der Waals surface area (Å²) in [5, 5.41) is 0.834. The lowest BCUT2D eigenvalue weighted by Gasteiger charge is -2.00. The van der Waals surface area contributed by atoms with Gasteiger partial charge in [-0.3, -0.25) is 4.79 Å². The van der Waals surface area contributed by atoms with E-state index in [2.05, 4.69) is 0 Å². The molecule has 90 valence electrons. The van der Waals surface area contributed by atoms with Crippen molar-refractivity contribution in [3.63, 3.8) is 0 Å². The molecule has 1 nitrogen and oxygen atoms in total. The van der Waals surface area contributed by atoms with E-state index in [0.29, 0.717) is 10.6 Å². The highest BCUT2D eigenvalue weighted by Crippen LogP contribution is 2.17. The second-order valence-electron chi connectivity index (χ2n) is 3.74. The highest BCUT2D eigenvalue weighted by atomic mass is 35.5. The Balaban J connectivity index is 2.23. The van der Waals surface area contributed by atoms with Crippen molar-refractivity contribution in [1.29, 1.82) is 0 Å². The van der Waals surface area contributed by atoms with Crippen molar-refractivity contribution in [1.82, 2.24) is 0 Å². The van der Waals surface area contributed by atoms with Crippen molar-refractivity contribution in [3.05, 3.63) is 75.8 Å². The number of carbonyl (C=O) groups is 1. The molecule has 0 aromatic heterocycles. The SMILES string of the molecule is O=C(/C(Cl)=C/c1ccc(Cl)cc1)c1ccccc1. The Morgan fingerprint density at radius 2 is 1.56 bits per heavy atom. The van der Waals surface area contributed by atoms with Crippen LogP contribution in [-0.2, 0) is 0 Å². The predicted molar refractivity (Wildman–Crippen MR) is 76.1 cm³/mol. The molecule has 0 aliphatic rings. The van der Waals surface area contributed by atoms with Crippen LogP contribution < -0.4 is 0 Å². The quantitative estimate of drug-likeness (QED) is 0.581. The molecule has 0 bridgehead atoms. The summed E-state index contributed by atoms with van der Waals surface area (Å²) in [6.07, 6.45) is 1.63. The Morgan fingerprint density at radius 1 is 0.944 bits per heavy atom. The molecule has 0 aliphatic heterocycles. The van der Waals surface area contributed by atoms with E-state index < -0.39 is 0 Å². The third-order valence-corrected chi connectivity index (χ3v) is 2.95. The monoisotopic (exact) mass is 276 g/mol. The number of benzene rings is 2. The van der Waals surface area contributed by atoms with E-state index in [-0.39, 0.29) is 10.8 Å². The van der Waals surface area contributed by atoms with Gasteiger partial charge >= 0.3 is 0 Å². The van der Waals surface area contributed by atoms with Crippen LogP contribution in [0.2, 0.25) is 5.02 Å². The molecule has 2 aromatic rings. The van der Waals surface area contributed by atoms with Crippen molar-refractivity contribution < 1.29 is 4.79 Å². The van der Waals surface area contributed by atoms with Crippen molar-refractivity contribution >= 4 is 35.1 Å². The lowest BCUT2D eigenvalue weighted by Crippen LogP contribution is -1.98. The van der Waals surface area contributed by atoms with Gasteiger partial charge < -0.3 is 0 Å². The van der Waals surface area contributed by atoms with Gasteiger partial charge in [-0.05, 0) is 23.8 Å². The zero-order chi connectivity index (χ0) is 13.0. The summed E-state index contributed by atoms with van der Waals surface area (Å²) < 4.78 is 0. The topological polar surface area (TPSA) is 17.1 Å². The summed E-state index contributed by atoms with van der Waals surface area (Å²) in [4.78, 5) is 12.0. The summed E-state index contributed by atoms with van der Waals surface area (Å²) in [7, 11) is 0. The van der Waals surface area contributed by atoms with Crippen molar-refractivity contribution in [2.75, 3.05) is 0 Å². The summed E-state index contributed by atoms with van der Waals surface area (Å²) in [5.74, 6) is -0.188. The van der Waals surface area contributed by atoms with Gasteiger partial charge in [-0.2, -0.15) is 0 Å². The molecule has 0 saturated carbocycles. The molecule has 2 aromatic carbocycles. The lowest BCUT2D eigenvalue weighted by atomic mass is 10.1. The lowest BCUT2D eigenvalue weighted by molar-refractivity contribution is 0.104. The maximum Gasteiger partial charge on any atom is 0.204 e. The largest absolute Gasteiger partial charge is 0.288 e. The first kappa shape index (κ1) is 12.9. The normalized spacial score (nSPS) is 11.3. The minimum absolute atomic E-state index is 0.184. The third kappa shape index (κ3) is 3.22. The molecule has 0 saturated heterocycles. The van der Waals surface area contributed by atoms with Gasteiger partial charge in [0.25, 0.3) is 0 Å². The zero-order valence-corrected chi connectivity index (χ0v) is 10.9. The second-order valence-corrected chi connectivity index (χ2v) is 4.58. The first-order chi connectivity index (χ1) is 8.66. The van der Waals surface area contributed by atoms with Crippen LogP contribution >= 0.6 is 23.2 Å². The molecule has 0 unspecified atom stereocenters. The van der Waals surface area contributed by atoms with Gasteiger partial charge in [0.1, 0.15) is 0 Å². The minimum atomic E-state index is -0.188. The maximum absolute atomic E-state index is 12.0. The first-order valence-electron chi connectivity index (χ1n) is 5.39. The molecule has 3 heteroatoms. The van der Waals surface area contributed by atoms with E-state index in [0.717, 1.165) is 5.56 Å². The van der Waals surface area contributed by atoms with Gasteiger partial charge in [-0.1, -0.05) is 65.7 Å². The number of allylic oxidation sites excluding steroid dienone is 1. The minimum Gasteiger partial charge on any atom is -0.288 e. The molecule has 0 N–H and O–H groups in total. The van der Waals surface area contributed by atoms with Crippen LogP contribution in [0.3, 0.4) is 0 Å². The Hall–Kier alpha value is -1.57. The van der Waals surface area contributed by atoms with Gasteiger partial charge in [0.15, 0.2) is 0 Å². The van der Waals surface area contributed by atoms with Crippen LogP contribution in [0.25, 0.3) is 6.08 Å². The van der Waals surface area contributed by atoms with Crippen molar-refractivity contribution in [2.45, 2.75) is 0 Å². The van der Waals surface area contributed by atoms with Crippen molar-refractivity contribution in [2.24, 2.45) is 0 Å². The van der Waals surface area contributed by atoms with Gasteiger partial charge in [0, 0.05) is 10.6 Å². The first-order valence-corrected chi connectivity index (χ1v) is 6.15. The third-order valence-electron chi connectivity index (χ3n) is 2.42. The average molecular weight is 277 g/mol. The van der Waals surface area contributed by atoms with Crippen LogP contribution in [0.5, 0.6) is 0 Å². The highest BCUT2D eigenvalue weighted by Gasteiger charge is 2.09. The number of halogens is 2. The molecule has 0 spiro atoms. The van der Waals surface area contributed by atoms with Gasteiger partial charge in [-0.25, -0.2) is 0 Å². The number of carbonyl (C=O) groups excluding carboxylic acids is 1. The molecule has 0 radical (unpaired) electrons. The van der Waals surface area contributed by atoms with Crippen LogP contribution in [0.4, 0.5) is 0 Å². The Morgan fingerprint density at radius 3 is 2.17 bits per heavy atom. The fourth-order valence-electron chi connectivity index (χ4n) is 1.50. The predicted octanol–water partition coefficient (Wildman–Crippen LogP) is 4.80. The standard InChI is InChI=1S/C15H10Cl2O/c16-13-8-6-11(7-9-13)10-14(17)15(18)12-4-2-1-3-5-12/h1-10H/b14-10-. The molecule has 0 heterocycles. The van der Waals surface area contributed by atoms with E-state index in [1.165, 1.54) is 0 Å². The van der Waals surface area contributed by atoms with Gasteiger partial charge in [0.05, 0.1) is 5.03 Å². The summed E-state index contributed by atoms with van der Waals surface area (Å²) in [6, 6.07) is 16.1. The second kappa shape index (κ2) is 5.85. The van der Waals surface area contributed by atoms with E-state index >= 15 is 0 Å². The van der Waals surface area contributed by atoms with Crippen molar-refractivity contribution in [3.8, 4) is 0 Å². The molecular formula is C15H10Cl2O. The molecule has 0 fully saturated rings. The number of rotatable bonds is 3. The maximum atomic E-state index is 12.0. The Bertz CT molecular complexity index is 571. The van der Waals surface area contributed by atoms with E-state index in [4.69, 9.17) is 23.2 Å². The zero-order valence-electron chi connectivity index (χ0n) is 9.44. The fourth-order valence-corrected chi connectivity index (χ4v) is 1.86.